The van der Waals surface area contributed by atoms with Crippen LogP contribution in [0.1, 0.15) is 32.6 Å². The Morgan fingerprint density at radius 1 is 1.56 bits per heavy atom. The minimum Gasteiger partial charge on any atom is -0.378 e. The van der Waals surface area contributed by atoms with Crippen molar-refractivity contribution >= 4 is 5.91 Å². The highest BCUT2D eigenvalue weighted by molar-refractivity contribution is 5.82. The molecule has 16 heavy (non-hydrogen) atoms. The molecule has 92 valence electrons. The smallest absolute Gasteiger partial charge is 0.239 e. The van der Waals surface area contributed by atoms with Crippen molar-refractivity contribution in [3.05, 3.63) is 0 Å². The molecule has 2 atom stereocenters. The summed E-state index contributed by atoms with van der Waals surface area (Å²) in [6, 6.07) is 0.200. The first-order valence-corrected chi connectivity index (χ1v) is 6.41. The maximum absolute atomic E-state index is 11.9. The number of rotatable bonds is 5. The van der Waals surface area contributed by atoms with Gasteiger partial charge in [0.15, 0.2) is 0 Å². The molecule has 1 saturated heterocycles. The maximum atomic E-state index is 11.9. The first-order chi connectivity index (χ1) is 7.79. The van der Waals surface area contributed by atoms with E-state index in [2.05, 4.69) is 17.6 Å². The van der Waals surface area contributed by atoms with E-state index in [9.17, 15) is 4.79 Å². The van der Waals surface area contributed by atoms with Crippen LogP contribution in [-0.4, -0.2) is 37.7 Å². The van der Waals surface area contributed by atoms with Crippen molar-refractivity contribution in [2.24, 2.45) is 5.92 Å². The predicted molar refractivity (Wildman–Crippen MR) is 62.2 cm³/mol. The van der Waals surface area contributed by atoms with Gasteiger partial charge in [0.25, 0.3) is 0 Å². The summed E-state index contributed by atoms with van der Waals surface area (Å²) < 4.78 is 5.29. The van der Waals surface area contributed by atoms with Gasteiger partial charge in [0, 0.05) is 12.6 Å². The average molecular weight is 226 g/mol. The van der Waals surface area contributed by atoms with E-state index >= 15 is 0 Å². The summed E-state index contributed by atoms with van der Waals surface area (Å²) in [5.41, 5.74) is 0. The number of morpholine rings is 1. The van der Waals surface area contributed by atoms with Gasteiger partial charge in [-0.1, -0.05) is 19.8 Å². The van der Waals surface area contributed by atoms with Crippen molar-refractivity contribution in [2.45, 2.75) is 44.7 Å². The van der Waals surface area contributed by atoms with Gasteiger partial charge in [-0.25, -0.2) is 0 Å². The van der Waals surface area contributed by atoms with Gasteiger partial charge in [0.2, 0.25) is 5.91 Å². The highest BCUT2D eigenvalue weighted by Crippen LogP contribution is 2.34. The van der Waals surface area contributed by atoms with Crippen LogP contribution in [0.25, 0.3) is 0 Å². The predicted octanol–water partition coefficient (Wildman–Crippen LogP) is 0.670. The van der Waals surface area contributed by atoms with Crippen molar-refractivity contribution in [3.63, 3.8) is 0 Å². The zero-order valence-corrected chi connectivity index (χ0v) is 10.00. The van der Waals surface area contributed by atoms with Crippen LogP contribution in [0.4, 0.5) is 0 Å². The molecule has 2 rings (SSSR count). The zero-order valence-electron chi connectivity index (χ0n) is 10.00. The van der Waals surface area contributed by atoms with Crippen LogP contribution in [0.2, 0.25) is 0 Å². The van der Waals surface area contributed by atoms with E-state index in [-0.39, 0.29) is 11.9 Å². The van der Waals surface area contributed by atoms with Crippen LogP contribution in [-0.2, 0) is 9.53 Å². The molecule has 0 radical (unpaired) electrons. The van der Waals surface area contributed by atoms with E-state index in [0.717, 1.165) is 25.3 Å². The van der Waals surface area contributed by atoms with Crippen LogP contribution >= 0.6 is 0 Å². The summed E-state index contributed by atoms with van der Waals surface area (Å²) in [6.07, 6.45) is 4.86. The number of amides is 1. The average Bonchev–Trinajstić information content (AvgIpc) is 3.13. The molecule has 1 aliphatic carbocycles. The van der Waals surface area contributed by atoms with Crippen molar-refractivity contribution < 1.29 is 9.53 Å². The fourth-order valence-corrected chi connectivity index (χ4v) is 2.12. The lowest BCUT2D eigenvalue weighted by atomic mass is 10.1. The van der Waals surface area contributed by atoms with Gasteiger partial charge in [0.05, 0.1) is 13.2 Å². The van der Waals surface area contributed by atoms with E-state index in [1.54, 1.807) is 0 Å². The lowest BCUT2D eigenvalue weighted by molar-refractivity contribution is -0.126. The van der Waals surface area contributed by atoms with E-state index in [1.807, 2.05) is 0 Å². The molecule has 0 spiro atoms. The summed E-state index contributed by atoms with van der Waals surface area (Å²) in [6.45, 7) is 4.13. The van der Waals surface area contributed by atoms with Gasteiger partial charge >= 0.3 is 0 Å². The lowest BCUT2D eigenvalue weighted by Gasteiger charge is -2.25. The summed E-state index contributed by atoms with van der Waals surface area (Å²) in [5, 5.41) is 6.31. The maximum Gasteiger partial charge on any atom is 0.239 e. The van der Waals surface area contributed by atoms with Crippen molar-refractivity contribution in [1.82, 2.24) is 10.6 Å². The van der Waals surface area contributed by atoms with Gasteiger partial charge in [-0.15, -0.1) is 0 Å². The molecule has 2 N–H and O–H groups in total. The largest absolute Gasteiger partial charge is 0.378 e. The minimum atomic E-state index is -0.151. The van der Waals surface area contributed by atoms with Crippen molar-refractivity contribution in [2.75, 3.05) is 19.8 Å². The molecule has 2 aliphatic rings. The second kappa shape index (κ2) is 5.64. The van der Waals surface area contributed by atoms with Crippen molar-refractivity contribution in [3.8, 4) is 0 Å². The fourth-order valence-electron chi connectivity index (χ4n) is 2.12. The Labute approximate surface area is 97.1 Å². The molecule has 1 saturated carbocycles. The molecule has 2 fully saturated rings. The van der Waals surface area contributed by atoms with Gasteiger partial charge in [-0.05, 0) is 18.8 Å². The molecule has 1 amide bonds. The van der Waals surface area contributed by atoms with Crippen molar-refractivity contribution in [1.29, 1.82) is 0 Å². The molecule has 1 heterocycles. The number of hydrogen-bond donors (Lipinski definition) is 2. The molecule has 0 aromatic heterocycles. The molecule has 0 aromatic carbocycles. The van der Waals surface area contributed by atoms with Gasteiger partial charge < -0.3 is 15.4 Å². The lowest BCUT2D eigenvalue weighted by Crippen LogP contribution is -2.53. The number of ether oxygens (including phenoxy) is 1. The molecule has 0 bridgehead atoms. The summed E-state index contributed by atoms with van der Waals surface area (Å²) >= 11 is 0. The van der Waals surface area contributed by atoms with E-state index < -0.39 is 0 Å². The Morgan fingerprint density at radius 2 is 2.38 bits per heavy atom. The molecule has 2 unspecified atom stereocenters. The Bertz CT molecular complexity index is 235. The number of carbonyl (C=O) groups is 1. The zero-order chi connectivity index (χ0) is 11.4. The second-order valence-corrected chi connectivity index (χ2v) is 4.87. The van der Waals surface area contributed by atoms with Gasteiger partial charge in [0.1, 0.15) is 6.04 Å². The molecular weight excluding hydrogens is 204 g/mol. The highest BCUT2D eigenvalue weighted by Gasteiger charge is 2.27. The van der Waals surface area contributed by atoms with E-state index in [4.69, 9.17) is 4.74 Å². The molecule has 4 heteroatoms. The number of nitrogens with one attached hydrogen (secondary N) is 2. The normalized spacial score (nSPS) is 27.4. The topological polar surface area (TPSA) is 50.4 Å². The first kappa shape index (κ1) is 11.9. The summed E-state index contributed by atoms with van der Waals surface area (Å²) in [7, 11) is 0. The van der Waals surface area contributed by atoms with Crippen LogP contribution in [0.15, 0.2) is 0 Å². The summed E-state index contributed by atoms with van der Waals surface area (Å²) in [4.78, 5) is 11.9. The third-order valence-corrected chi connectivity index (χ3v) is 3.39. The Kier molecular flexibility index (Phi) is 4.18. The third-order valence-electron chi connectivity index (χ3n) is 3.39. The minimum absolute atomic E-state index is 0.104. The SMILES string of the molecule is CCC(CC1CC1)NC(=O)C1COCCN1. The number of carbonyl (C=O) groups excluding carboxylic acids is 1. The van der Waals surface area contributed by atoms with E-state index in [1.165, 1.54) is 12.8 Å². The molecular formula is C12H22N2O2. The Morgan fingerprint density at radius 3 is 2.94 bits per heavy atom. The molecule has 4 nitrogen and oxygen atoms in total. The van der Waals surface area contributed by atoms with Crippen LogP contribution in [0, 0.1) is 5.92 Å². The van der Waals surface area contributed by atoms with Crippen LogP contribution in [0.3, 0.4) is 0 Å². The molecule has 1 aliphatic heterocycles. The number of hydrogen-bond acceptors (Lipinski definition) is 3. The second-order valence-electron chi connectivity index (χ2n) is 4.87. The Balaban J connectivity index is 1.74. The quantitative estimate of drug-likeness (QED) is 0.724. The van der Waals surface area contributed by atoms with Gasteiger partial charge in [-0.2, -0.15) is 0 Å². The molecule has 0 aromatic rings. The fraction of sp³-hybridized carbons (Fsp3) is 0.917. The van der Waals surface area contributed by atoms with Crippen LogP contribution < -0.4 is 10.6 Å². The summed E-state index contributed by atoms with van der Waals surface area (Å²) in [5.74, 6) is 0.966. The first-order valence-electron chi connectivity index (χ1n) is 6.41. The van der Waals surface area contributed by atoms with Crippen LogP contribution in [0.5, 0.6) is 0 Å². The standard InChI is InChI=1S/C12H22N2O2/c1-2-10(7-9-3-4-9)14-12(15)11-8-16-6-5-13-11/h9-11,13H,2-8H2,1H3,(H,14,15). The highest BCUT2D eigenvalue weighted by atomic mass is 16.5. The Hall–Kier alpha value is -0.610. The third kappa shape index (κ3) is 3.46. The monoisotopic (exact) mass is 226 g/mol. The van der Waals surface area contributed by atoms with Gasteiger partial charge in [-0.3, -0.25) is 4.79 Å². The van der Waals surface area contributed by atoms with E-state index in [0.29, 0.717) is 19.3 Å².